The number of imidazole rings is 1. The van der Waals surface area contributed by atoms with Crippen LogP contribution < -0.4 is 27.4 Å². The molecule has 0 bridgehead atoms. The lowest BCUT2D eigenvalue weighted by Gasteiger charge is -2.24. The van der Waals surface area contributed by atoms with Gasteiger partial charge in [0.25, 0.3) is 0 Å². The summed E-state index contributed by atoms with van der Waals surface area (Å²) in [7, 11) is 0. The monoisotopic (exact) mass is 469 g/mol. The Hall–Kier alpha value is -3.52. The number of rotatable bonds is 14. The number of primary amides is 1. The number of hydrogen-bond donors (Lipinski definition) is 8. The van der Waals surface area contributed by atoms with Crippen LogP contribution in [0.1, 0.15) is 32.4 Å². The molecule has 1 aromatic rings. The zero-order chi connectivity index (χ0) is 25.1. The zero-order valence-corrected chi connectivity index (χ0v) is 18.4. The van der Waals surface area contributed by atoms with Gasteiger partial charge in [-0.15, -0.1) is 0 Å². The Labute approximate surface area is 189 Å². The Kier molecular flexibility index (Phi) is 10.9. The summed E-state index contributed by atoms with van der Waals surface area (Å²) in [5.41, 5.74) is 11.4. The van der Waals surface area contributed by atoms with Gasteiger partial charge in [0.1, 0.15) is 18.1 Å². The SMILES string of the molecule is CC(C)CC(N)C(=O)NC(Cc1cnc[nH]1)C(=O)NC(CO)C(=O)NC(CC(N)=O)C(=O)O. The lowest BCUT2D eigenvalue weighted by atomic mass is 10.0. The lowest BCUT2D eigenvalue weighted by molar-refractivity contribution is -0.144. The summed E-state index contributed by atoms with van der Waals surface area (Å²) in [6.07, 6.45) is 2.50. The van der Waals surface area contributed by atoms with E-state index in [0.29, 0.717) is 12.1 Å². The maximum Gasteiger partial charge on any atom is 0.326 e. The molecule has 4 unspecified atom stereocenters. The molecule has 14 nitrogen and oxygen atoms in total. The van der Waals surface area contributed by atoms with Crippen molar-refractivity contribution < 1.29 is 34.2 Å². The van der Waals surface area contributed by atoms with E-state index in [0.717, 1.165) is 0 Å². The van der Waals surface area contributed by atoms with E-state index in [2.05, 4.69) is 20.6 Å². The highest BCUT2D eigenvalue weighted by molar-refractivity contribution is 5.95. The average molecular weight is 469 g/mol. The van der Waals surface area contributed by atoms with Crippen molar-refractivity contribution in [2.75, 3.05) is 6.61 Å². The van der Waals surface area contributed by atoms with E-state index < -0.39 is 66.8 Å². The van der Waals surface area contributed by atoms with Crippen LogP contribution in [0.5, 0.6) is 0 Å². The number of nitrogens with one attached hydrogen (secondary N) is 4. The molecule has 1 rings (SSSR count). The Bertz CT molecular complexity index is 828. The van der Waals surface area contributed by atoms with Crippen molar-refractivity contribution in [3.8, 4) is 0 Å². The van der Waals surface area contributed by atoms with E-state index in [-0.39, 0.29) is 12.3 Å². The second kappa shape index (κ2) is 13.1. The van der Waals surface area contributed by atoms with Gasteiger partial charge in [0.2, 0.25) is 23.6 Å². The minimum atomic E-state index is -1.64. The van der Waals surface area contributed by atoms with Gasteiger partial charge in [0.15, 0.2) is 0 Å². The third kappa shape index (κ3) is 9.65. The molecule has 4 atom stereocenters. The van der Waals surface area contributed by atoms with Crippen LogP contribution in [0.2, 0.25) is 0 Å². The van der Waals surface area contributed by atoms with Crippen molar-refractivity contribution in [2.45, 2.75) is 57.3 Å². The van der Waals surface area contributed by atoms with Crippen molar-refractivity contribution in [1.29, 1.82) is 0 Å². The number of hydrogen-bond acceptors (Lipinski definition) is 8. The quantitative estimate of drug-likeness (QED) is 0.136. The first-order chi connectivity index (χ1) is 15.4. The number of aliphatic hydroxyl groups is 1. The summed E-state index contributed by atoms with van der Waals surface area (Å²) < 4.78 is 0. The maximum atomic E-state index is 12.8. The Balaban J connectivity index is 2.93. The summed E-state index contributed by atoms with van der Waals surface area (Å²) in [6, 6.07) is -5.25. The Morgan fingerprint density at radius 1 is 1.03 bits per heavy atom. The van der Waals surface area contributed by atoms with E-state index in [1.807, 2.05) is 19.2 Å². The van der Waals surface area contributed by atoms with Crippen LogP contribution in [0.3, 0.4) is 0 Å². The summed E-state index contributed by atoms with van der Waals surface area (Å²) in [4.78, 5) is 66.5. The van der Waals surface area contributed by atoms with Gasteiger partial charge in [0, 0.05) is 18.3 Å². The first kappa shape index (κ1) is 27.5. The molecule has 184 valence electrons. The van der Waals surface area contributed by atoms with E-state index in [4.69, 9.17) is 16.6 Å². The first-order valence-electron chi connectivity index (χ1n) is 10.2. The number of carbonyl (C=O) groups is 5. The van der Waals surface area contributed by atoms with Gasteiger partial charge < -0.3 is 42.6 Å². The fourth-order valence-corrected chi connectivity index (χ4v) is 2.86. The molecular formula is C19H31N7O7. The predicted molar refractivity (Wildman–Crippen MR) is 114 cm³/mol. The van der Waals surface area contributed by atoms with Gasteiger partial charge in [-0.1, -0.05) is 13.8 Å². The van der Waals surface area contributed by atoms with E-state index in [9.17, 15) is 29.1 Å². The molecule has 0 saturated heterocycles. The van der Waals surface area contributed by atoms with Gasteiger partial charge in [0.05, 0.1) is 25.4 Å². The number of aliphatic carboxylic acids is 1. The molecule has 33 heavy (non-hydrogen) atoms. The summed E-state index contributed by atoms with van der Waals surface area (Å²) in [5, 5.41) is 25.5. The van der Waals surface area contributed by atoms with Crippen LogP contribution in [-0.4, -0.2) is 80.6 Å². The minimum Gasteiger partial charge on any atom is -0.480 e. The summed E-state index contributed by atoms with van der Waals surface area (Å²) in [5.74, 6) is -4.81. The first-order valence-corrected chi connectivity index (χ1v) is 10.2. The molecule has 14 heteroatoms. The molecule has 10 N–H and O–H groups in total. The number of aromatic amines is 1. The fraction of sp³-hybridized carbons (Fsp3) is 0.579. The molecule has 0 radical (unpaired) electrons. The molecule has 0 aromatic carbocycles. The number of H-pyrrole nitrogens is 1. The second-order valence-electron chi connectivity index (χ2n) is 7.89. The van der Waals surface area contributed by atoms with Gasteiger partial charge in [-0.2, -0.15) is 0 Å². The van der Waals surface area contributed by atoms with Gasteiger partial charge in [-0.25, -0.2) is 9.78 Å². The number of aliphatic hydroxyl groups excluding tert-OH is 1. The Morgan fingerprint density at radius 2 is 1.61 bits per heavy atom. The van der Waals surface area contributed by atoms with Crippen LogP contribution in [0, 0.1) is 5.92 Å². The maximum absolute atomic E-state index is 12.8. The van der Waals surface area contributed by atoms with Gasteiger partial charge >= 0.3 is 5.97 Å². The standard InChI is InChI=1S/C19H31N7O7/c1-9(2)3-11(20)16(29)24-12(4-10-6-22-8-23-10)17(30)26-14(7-27)18(31)25-13(19(32)33)5-15(21)28/h6,8-9,11-14,27H,3-5,7,20H2,1-2H3,(H2,21,28)(H,22,23)(H,24,29)(H,25,31)(H,26,30)(H,32,33). The fourth-order valence-electron chi connectivity index (χ4n) is 2.86. The summed E-state index contributed by atoms with van der Waals surface area (Å²) >= 11 is 0. The van der Waals surface area contributed by atoms with Crippen LogP contribution in [-0.2, 0) is 30.4 Å². The van der Waals surface area contributed by atoms with Crippen molar-refractivity contribution >= 4 is 29.6 Å². The topological polar surface area (TPSA) is 243 Å². The largest absolute Gasteiger partial charge is 0.480 e. The van der Waals surface area contributed by atoms with Gasteiger partial charge in [-0.05, 0) is 12.3 Å². The molecule has 0 aliphatic rings. The average Bonchev–Trinajstić information content (AvgIpc) is 3.22. The van der Waals surface area contributed by atoms with Crippen molar-refractivity contribution in [3.05, 3.63) is 18.2 Å². The number of carbonyl (C=O) groups excluding carboxylic acids is 4. The third-order valence-corrected chi connectivity index (χ3v) is 4.51. The highest BCUT2D eigenvalue weighted by Gasteiger charge is 2.31. The molecule has 0 fully saturated rings. The molecular weight excluding hydrogens is 438 g/mol. The Morgan fingerprint density at radius 3 is 2.09 bits per heavy atom. The predicted octanol–water partition coefficient (Wildman–Crippen LogP) is -3.27. The molecule has 4 amide bonds. The number of nitrogens with two attached hydrogens (primary N) is 2. The molecule has 1 heterocycles. The van der Waals surface area contributed by atoms with Crippen molar-refractivity contribution in [2.24, 2.45) is 17.4 Å². The van der Waals surface area contributed by atoms with E-state index in [1.165, 1.54) is 12.5 Å². The number of aromatic nitrogens is 2. The molecule has 1 aromatic heterocycles. The highest BCUT2D eigenvalue weighted by atomic mass is 16.4. The number of carboxylic acids is 1. The van der Waals surface area contributed by atoms with Crippen LogP contribution in [0.4, 0.5) is 0 Å². The minimum absolute atomic E-state index is 0.0227. The van der Waals surface area contributed by atoms with Crippen LogP contribution in [0.25, 0.3) is 0 Å². The van der Waals surface area contributed by atoms with Crippen LogP contribution in [0.15, 0.2) is 12.5 Å². The number of carboxylic acid groups (broad SMARTS) is 1. The van der Waals surface area contributed by atoms with E-state index >= 15 is 0 Å². The smallest absolute Gasteiger partial charge is 0.326 e. The van der Waals surface area contributed by atoms with Gasteiger partial charge in [-0.3, -0.25) is 19.2 Å². The number of nitrogens with zero attached hydrogens (tertiary/aromatic N) is 1. The van der Waals surface area contributed by atoms with Crippen LogP contribution >= 0.6 is 0 Å². The summed E-state index contributed by atoms with van der Waals surface area (Å²) in [6.45, 7) is 2.89. The van der Waals surface area contributed by atoms with E-state index in [1.54, 1.807) is 0 Å². The van der Waals surface area contributed by atoms with Crippen molar-refractivity contribution in [1.82, 2.24) is 25.9 Å². The molecule has 0 aliphatic heterocycles. The normalized spacial score (nSPS) is 14.6. The third-order valence-electron chi connectivity index (χ3n) is 4.51. The molecule has 0 spiro atoms. The van der Waals surface area contributed by atoms with Crippen molar-refractivity contribution in [3.63, 3.8) is 0 Å². The molecule has 0 saturated carbocycles. The highest BCUT2D eigenvalue weighted by Crippen LogP contribution is 2.05. The molecule has 0 aliphatic carbocycles. The number of amides is 4. The lowest BCUT2D eigenvalue weighted by Crippen LogP contribution is -2.58. The zero-order valence-electron chi connectivity index (χ0n) is 18.4. The second-order valence-corrected chi connectivity index (χ2v) is 7.89.